The number of nitrogens with zero attached hydrogens (tertiary/aromatic N) is 3. The molecule has 100 valence electrons. The number of benzene rings is 1. The summed E-state index contributed by atoms with van der Waals surface area (Å²) in [5.41, 5.74) is 0.428. The first kappa shape index (κ1) is 12.4. The van der Waals surface area contributed by atoms with Gasteiger partial charge in [-0.1, -0.05) is 22.8 Å². The second kappa shape index (κ2) is 4.82. The Hall–Kier alpha value is -2.60. The van der Waals surface area contributed by atoms with Crippen LogP contribution in [0.3, 0.4) is 0 Å². The lowest BCUT2D eigenvalue weighted by Gasteiger charge is -2.01. The van der Waals surface area contributed by atoms with Crippen molar-refractivity contribution in [3.05, 3.63) is 41.6 Å². The number of phenolic OH excluding ortho intramolecular Hbond substituents is 2. The Kier molecular flexibility index (Phi) is 3.00. The summed E-state index contributed by atoms with van der Waals surface area (Å²) in [6, 6.07) is 7.65. The topological polar surface area (TPSA) is 92.3 Å². The summed E-state index contributed by atoms with van der Waals surface area (Å²) >= 11 is 5.99. The smallest absolute Gasteiger partial charge is 0.265 e. The van der Waals surface area contributed by atoms with E-state index < -0.39 is 0 Å². The van der Waals surface area contributed by atoms with E-state index in [2.05, 4.69) is 15.1 Å². The zero-order valence-electron chi connectivity index (χ0n) is 9.99. The molecule has 0 aliphatic rings. The summed E-state index contributed by atoms with van der Waals surface area (Å²) in [7, 11) is 0. The van der Waals surface area contributed by atoms with E-state index in [0.717, 1.165) is 0 Å². The normalized spacial score (nSPS) is 10.7. The monoisotopic (exact) mass is 289 g/mol. The Morgan fingerprint density at radius 1 is 1.05 bits per heavy atom. The number of rotatable bonds is 2. The first-order valence-electron chi connectivity index (χ1n) is 5.62. The number of halogens is 1. The van der Waals surface area contributed by atoms with E-state index in [0.29, 0.717) is 10.7 Å². The molecule has 0 radical (unpaired) electrons. The first-order chi connectivity index (χ1) is 9.66. The summed E-state index contributed by atoms with van der Waals surface area (Å²) in [5.74, 6) is -0.162. The van der Waals surface area contributed by atoms with Crippen LogP contribution in [-0.2, 0) is 0 Å². The van der Waals surface area contributed by atoms with Gasteiger partial charge in [0.15, 0.2) is 0 Å². The van der Waals surface area contributed by atoms with E-state index in [1.807, 2.05) is 0 Å². The lowest BCUT2D eigenvalue weighted by molar-refractivity contribution is 0.416. The second-order valence-electron chi connectivity index (χ2n) is 3.93. The molecule has 0 saturated carbocycles. The predicted molar refractivity (Wildman–Crippen MR) is 71.3 cm³/mol. The highest BCUT2D eigenvalue weighted by molar-refractivity contribution is 6.32. The molecule has 0 amide bonds. The third-order valence-electron chi connectivity index (χ3n) is 2.63. The van der Waals surface area contributed by atoms with Crippen molar-refractivity contribution in [3.63, 3.8) is 0 Å². The zero-order chi connectivity index (χ0) is 14.1. The maximum absolute atomic E-state index is 9.75. The minimum atomic E-state index is -0.160. The van der Waals surface area contributed by atoms with Gasteiger partial charge < -0.3 is 14.7 Å². The standard InChI is InChI=1S/C13H8ClN3O3/c14-7-3-2-6-15-11(7)12-16-13(20-17-12)10-8(18)4-1-5-9(10)19/h1-6,18-19H. The van der Waals surface area contributed by atoms with Crippen LogP contribution in [0, 0.1) is 0 Å². The van der Waals surface area contributed by atoms with Crippen LogP contribution in [0.5, 0.6) is 11.5 Å². The Morgan fingerprint density at radius 2 is 1.80 bits per heavy atom. The highest BCUT2D eigenvalue weighted by Gasteiger charge is 2.19. The molecule has 2 aromatic heterocycles. The third-order valence-corrected chi connectivity index (χ3v) is 2.94. The molecule has 6 nitrogen and oxygen atoms in total. The molecular weight excluding hydrogens is 282 g/mol. The lowest BCUT2D eigenvalue weighted by Crippen LogP contribution is -1.86. The summed E-state index contributed by atoms with van der Waals surface area (Å²) in [4.78, 5) is 8.15. The van der Waals surface area contributed by atoms with Gasteiger partial charge in [0.1, 0.15) is 22.8 Å². The molecule has 7 heteroatoms. The molecule has 2 N–H and O–H groups in total. The third kappa shape index (κ3) is 2.06. The van der Waals surface area contributed by atoms with Crippen molar-refractivity contribution in [2.75, 3.05) is 0 Å². The van der Waals surface area contributed by atoms with Crippen molar-refractivity contribution < 1.29 is 14.7 Å². The highest BCUT2D eigenvalue weighted by atomic mass is 35.5. The van der Waals surface area contributed by atoms with E-state index in [9.17, 15) is 10.2 Å². The molecule has 1 aromatic carbocycles. The van der Waals surface area contributed by atoms with E-state index in [-0.39, 0.29) is 28.8 Å². The van der Waals surface area contributed by atoms with Crippen LogP contribution >= 0.6 is 11.6 Å². The van der Waals surface area contributed by atoms with Crippen molar-refractivity contribution in [2.45, 2.75) is 0 Å². The fourth-order valence-corrected chi connectivity index (χ4v) is 1.92. The minimum Gasteiger partial charge on any atom is -0.507 e. The van der Waals surface area contributed by atoms with Crippen LogP contribution in [0.15, 0.2) is 41.1 Å². The van der Waals surface area contributed by atoms with Crippen LogP contribution in [0.25, 0.3) is 23.0 Å². The van der Waals surface area contributed by atoms with Crippen molar-refractivity contribution >= 4 is 11.6 Å². The second-order valence-corrected chi connectivity index (χ2v) is 4.34. The van der Waals surface area contributed by atoms with Gasteiger partial charge in [-0.05, 0) is 24.3 Å². The molecule has 2 heterocycles. The van der Waals surface area contributed by atoms with E-state index in [1.54, 1.807) is 18.3 Å². The zero-order valence-corrected chi connectivity index (χ0v) is 10.7. The Balaban J connectivity index is 2.10. The average molecular weight is 290 g/mol. The number of pyridine rings is 1. The Bertz CT molecular complexity index is 753. The molecule has 3 rings (SSSR count). The van der Waals surface area contributed by atoms with Gasteiger partial charge in [0.05, 0.1) is 5.02 Å². The molecule has 0 bridgehead atoms. The lowest BCUT2D eigenvalue weighted by atomic mass is 10.2. The summed E-state index contributed by atoms with van der Waals surface area (Å²) < 4.78 is 5.04. The molecule has 0 fully saturated rings. The number of aromatic nitrogens is 3. The number of aromatic hydroxyl groups is 2. The molecule has 0 aliphatic carbocycles. The fraction of sp³-hybridized carbons (Fsp3) is 0. The molecule has 0 saturated heterocycles. The van der Waals surface area contributed by atoms with Gasteiger partial charge in [-0.2, -0.15) is 4.98 Å². The molecule has 0 atom stereocenters. The van der Waals surface area contributed by atoms with Gasteiger partial charge in [0.2, 0.25) is 5.82 Å². The maximum Gasteiger partial charge on any atom is 0.265 e. The first-order valence-corrected chi connectivity index (χ1v) is 6.00. The molecule has 0 spiro atoms. The Morgan fingerprint density at radius 3 is 2.50 bits per heavy atom. The van der Waals surface area contributed by atoms with Gasteiger partial charge in [-0.25, -0.2) is 0 Å². The van der Waals surface area contributed by atoms with Gasteiger partial charge in [0, 0.05) is 6.20 Å². The minimum absolute atomic E-state index is 0.0164. The predicted octanol–water partition coefficient (Wildman–Crippen LogP) is 2.86. The van der Waals surface area contributed by atoms with Crippen LogP contribution in [0.1, 0.15) is 0 Å². The van der Waals surface area contributed by atoms with Crippen molar-refractivity contribution in [3.8, 4) is 34.5 Å². The number of hydrogen-bond donors (Lipinski definition) is 2. The molecule has 0 unspecified atom stereocenters. The quantitative estimate of drug-likeness (QED) is 0.753. The largest absolute Gasteiger partial charge is 0.507 e. The SMILES string of the molecule is Oc1cccc(O)c1-c1nc(-c2ncccc2Cl)no1. The van der Waals surface area contributed by atoms with Gasteiger partial charge in [0.25, 0.3) is 5.89 Å². The van der Waals surface area contributed by atoms with Gasteiger partial charge >= 0.3 is 0 Å². The van der Waals surface area contributed by atoms with E-state index in [4.69, 9.17) is 16.1 Å². The summed E-state index contributed by atoms with van der Waals surface area (Å²) in [5, 5.41) is 23.6. The Labute approximate surface area is 118 Å². The van der Waals surface area contributed by atoms with Crippen LogP contribution in [-0.4, -0.2) is 25.3 Å². The molecule has 20 heavy (non-hydrogen) atoms. The summed E-state index contributed by atoms with van der Waals surface area (Å²) in [6.45, 7) is 0. The summed E-state index contributed by atoms with van der Waals surface area (Å²) in [6.07, 6.45) is 1.55. The van der Waals surface area contributed by atoms with Gasteiger partial charge in [-0.3, -0.25) is 4.98 Å². The number of phenols is 2. The molecule has 3 aromatic rings. The molecule has 0 aliphatic heterocycles. The van der Waals surface area contributed by atoms with E-state index >= 15 is 0 Å². The fourth-order valence-electron chi connectivity index (χ4n) is 1.72. The number of hydrogen-bond acceptors (Lipinski definition) is 6. The molecular formula is C13H8ClN3O3. The average Bonchev–Trinajstić information content (AvgIpc) is 2.88. The van der Waals surface area contributed by atoms with E-state index in [1.165, 1.54) is 18.2 Å². The van der Waals surface area contributed by atoms with Crippen LogP contribution in [0.4, 0.5) is 0 Å². The highest BCUT2D eigenvalue weighted by Crippen LogP contribution is 2.36. The van der Waals surface area contributed by atoms with Crippen LogP contribution < -0.4 is 0 Å². The van der Waals surface area contributed by atoms with Crippen molar-refractivity contribution in [2.24, 2.45) is 0 Å². The van der Waals surface area contributed by atoms with Gasteiger partial charge in [-0.15, -0.1) is 0 Å². The van der Waals surface area contributed by atoms with Crippen molar-refractivity contribution in [1.29, 1.82) is 0 Å². The van der Waals surface area contributed by atoms with Crippen LogP contribution in [0.2, 0.25) is 5.02 Å². The maximum atomic E-state index is 9.75. The van der Waals surface area contributed by atoms with Crippen molar-refractivity contribution in [1.82, 2.24) is 15.1 Å².